The second kappa shape index (κ2) is 8.26. The van der Waals surface area contributed by atoms with Crippen molar-refractivity contribution in [2.75, 3.05) is 16.3 Å². The largest absolute Gasteiger partial charge is 0.390 e. The fraction of sp³-hybridized carbons (Fsp3) is 0.174. The molecule has 2 aromatic carbocycles. The van der Waals surface area contributed by atoms with E-state index in [1.54, 1.807) is 12.3 Å². The molecule has 3 N–H and O–H groups in total. The molecule has 8 nitrogen and oxygen atoms in total. The van der Waals surface area contributed by atoms with Crippen LogP contribution in [0.2, 0.25) is 5.15 Å². The number of nitrogens with one attached hydrogen (secondary N) is 2. The van der Waals surface area contributed by atoms with Crippen LogP contribution in [0.25, 0.3) is 22.0 Å². The summed E-state index contributed by atoms with van der Waals surface area (Å²) in [5.74, 6) is 0.596. The molecular weight excluding hydrogens is 462 g/mol. The van der Waals surface area contributed by atoms with Gasteiger partial charge in [0.15, 0.2) is 5.15 Å². The average Bonchev–Trinajstić information content (AvgIpc) is 3.09. The summed E-state index contributed by atoms with van der Waals surface area (Å²) < 4.78 is 25.7. The minimum absolute atomic E-state index is 0.0598. The van der Waals surface area contributed by atoms with Crippen LogP contribution in [0.3, 0.4) is 0 Å². The van der Waals surface area contributed by atoms with Gasteiger partial charge in [0.2, 0.25) is 10.0 Å². The molecule has 4 aromatic rings. The third kappa shape index (κ3) is 4.35. The highest BCUT2D eigenvalue weighted by molar-refractivity contribution is 7.92. The van der Waals surface area contributed by atoms with Crippen molar-refractivity contribution < 1.29 is 13.5 Å². The van der Waals surface area contributed by atoms with E-state index >= 15 is 0 Å². The van der Waals surface area contributed by atoms with Crippen molar-refractivity contribution in [1.82, 2.24) is 15.0 Å². The van der Waals surface area contributed by atoms with Gasteiger partial charge in [-0.15, -0.1) is 0 Å². The van der Waals surface area contributed by atoms with Gasteiger partial charge in [0.25, 0.3) is 0 Å². The van der Waals surface area contributed by atoms with E-state index in [0.29, 0.717) is 17.8 Å². The first-order valence-electron chi connectivity index (χ1n) is 10.2. The van der Waals surface area contributed by atoms with Crippen LogP contribution in [0.5, 0.6) is 0 Å². The molecule has 5 rings (SSSR count). The summed E-state index contributed by atoms with van der Waals surface area (Å²) in [5, 5.41) is 14.9. The number of sulfonamides is 1. The summed E-state index contributed by atoms with van der Waals surface area (Å²) in [6, 6.07) is 14.9. The van der Waals surface area contributed by atoms with Crippen molar-refractivity contribution in [3.8, 4) is 11.1 Å². The number of anilines is 2. The maximum atomic E-state index is 11.7. The van der Waals surface area contributed by atoms with Gasteiger partial charge >= 0.3 is 0 Å². The molecule has 168 valence electrons. The molecule has 0 bridgehead atoms. The van der Waals surface area contributed by atoms with Crippen molar-refractivity contribution in [2.24, 2.45) is 0 Å². The Morgan fingerprint density at radius 1 is 1.06 bits per heavy atom. The molecule has 2 aromatic heterocycles. The SMILES string of the molecule is CS(=O)(=O)Nc1cc(-c2ccc3ncnc(NC4c5ccccc5CC4O)c3c2)cnc1Cl. The zero-order chi connectivity index (χ0) is 23.2. The topological polar surface area (TPSA) is 117 Å². The highest BCUT2D eigenvalue weighted by Crippen LogP contribution is 2.36. The Bertz CT molecular complexity index is 1480. The van der Waals surface area contributed by atoms with E-state index in [1.165, 1.54) is 6.33 Å². The number of hydrogen-bond donors (Lipinski definition) is 3. The van der Waals surface area contributed by atoms with Gasteiger partial charge in [-0.05, 0) is 34.9 Å². The summed E-state index contributed by atoms with van der Waals surface area (Å²) in [6.07, 6.45) is 4.12. The molecule has 1 aliphatic rings. The molecule has 0 amide bonds. The molecule has 2 unspecified atom stereocenters. The van der Waals surface area contributed by atoms with Crippen LogP contribution in [-0.2, 0) is 16.4 Å². The lowest BCUT2D eigenvalue weighted by atomic mass is 10.0. The Balaban J connectivity index is 1.54. The smallest absolute Gasteiger partial charge is 0.229 e. The van der Waals surface area contributed by atoms with Crippen molar-refractivity contribution in [3.63, 3.8) is 0 Å². The Morgan fingerprint density at radius 2 is 1.88 bits per heavy atom. The molecular formula is C23H20ClN5O3S. The molecule has 0 saturated carbocycles. The first-order chi connectivity index (χ1) is 15.8. The van der Waals surface area contributed by atoms with Crippen LogP contribution in [0.1, 0.15) is 17.2 Å². The summed E-state index contributed by atoms with van der Waals surface area (Å²) in [4.78, 5) is 12.9. The molecule has 2 atom stereocenters. The first kappa shape index (κ1) is 21.6. The van der Waals surface area contributed by atoms with Gasteiger partial charge in [-0.1, -0.05) is 41.9 Å². The first-order valence-corrected chi connectivity index (χ1v) is 12.5. The van der Waals surface area contributed by atoms with Crippen molar-refractivity contribution in [1.29, 1.82) is 0 Å². The predicted molar refractivity (Wildman–Crippen MR) is 129 cm³/mol. The van der Waals surface area contributed by atoms with Crippen molar-refractivity contribution in [3.05, 3.63) is 77.3 Å². The van der Waals surface area contributed by atoms with Gasteiger partial charge in [-0.2, -0.15) is 0 Å². The van der Waals surface area contributed by atoms with E-state index in [4.69, 9.17) is 11.6 Å². The molecule has 0 saturated heterocycles. The monoisotopic (exact) mass is 481 g/mol. The second-order valence-electron chi connectivity index (χ2n) is 7.98. The Hall–Kier alpha value is -3.27. The van der Waals surface area contributed by atoms with Crippen LogP contribution < -0.4 is 10.0 Å². The highest BCUT2D eigenvalue weighted by Gasteiger charge is 2.31. The van der Waals surface area contributed by atoms with E-state index in [2.05, 4.69) is 25.0 Å². The van der Waals surface area contributed by atoms with Crippen LogP contribution in [-0.4, -0.2) is 40.8 Å². The number of pyridine rings is 1. The number of nitrogens with zero attached hydrogens (tertiary/aromatic N) is 3. The maximum absolute atomic E-state index is 11.7. The number of halogens is 1. The van der Waals surface area contributed by atoms with Gasteiger partial charge in [-0.25, -0.2) is 23.4 Å². The molecule has 0 aliphatic heterocycles. The quantitative estimate of drug-likeness (QED) is 0.371. The van der Waals surface area contributed by atoms with E-state index in [0.717, 1.165) is 33.8 Å². The fourth-order valence-electron chi connectivity index (χ4n) is 4.12. The number of fused-ring (bicyclic) bond motifs is 2. The summed E-state index contributed by atoms with van der Waals surface area (Å²) in [6.45, 7) is 0. The molecule has 0 fully saturated rings. The van der Waals surface area contributed by atoms with Gasteiger partial charge in [0.05, 0.1) is 29.6 Å². The van der Waals surface area contributed by atoms with Gasteiger partial charge in [0.1, 0.15) is 12.1 Å². The van der Waals surface area contributed by atoms with E-state index in [1.807, 2.05) is 42.5 Å². The minimum Gasteiger partial charge on any atom is -0.390 e. The lowest BCUT2D eigenvalue weighted by molar-refractivity contribution is 0.165. The Kier molecular flexibility index (Phi) is 5.40. The number of hydrogen-bond acceptors (Lipinski definition) is 7. The van der Waals surface area contributed by atoms with Gasteiger partial charge in [0, 0.05) is 23.6 Å². The number of benzene rings is 2. The van der Waals surface area contributed by atoms with Crippen LogP contribution in [0.15, 0.2) is 61.1 Å². The van der Waals surface area contributed by atoms with E-state index in [9.17, 15) is 13.5 Å². The summed E-state index contributed by atoms with van der Waals surface area (Å²) in [7, 11) is -3.51. The average molecular weight is 482 g/mol. The molecule has 2 heterocycles. The number of aromatic nitrogens is 3. The van der Waals surface area contributed by atoms with Crippen molar-refractivity contribution >= 4 is 44.0 Å². The third-order valence-electron chi connectivity index (χ3n) is 5.60. The Labute approximate surface area is 195 Å². The minimum atomic E-state index is -3.51. The third-order valence-corrected chi connectivity index (χ3v) is 6.49. The predicted octanol–water partition coefficient (Wildman–Crippen LogP) is 3.79. The van der Waals surface area contributed by atoms with Gasteiger partial charge in [-0.3, -0.25) is 4.72 Å². The van der Waals surface area contributed by atoms with E-state index in [-0.39, 0.29) is 16.9 Å². The summed E-state index contributed by atoms with van der Waals surface area (Å²) in [5.41, 5.74) is 4.55. The number of aliphatic hydroxyl groups is 1. The number of aliphatic hydroxyl groups excluding tert-OH is 1. The van der Waals surface area contributed by atoms with E-state index < -0.39 is 16.1 Å². The number of rotatable bonds is 5. The van der Waals surface area contributed by atoms with Crippen LogP contribution in [0.4, 0.5) is 11.5 Å². The van der Waals surface area contributed by atoms with Gasteiger partial charge < -0.3 is 10.4 Å². The second-order valence-corrected chi connectivity index (χ2v) is 10.1. The van der Waals surface area contributed by atoms with Crippen molar-refractivity contribution in [2.45, 2.75) is 18.6 Å². The standard InChI is InChI=1S/C23H20ClN5O3S/c1-33(31,32)29-19-9-15(11-25-22(19)24)13-6-7-18-17(8-13)23(27-12-26-18)28-21-16-5-3-2-4-14(16)10-20(21)30/h2-9,11-12,20-21,29-30H,10H2,1H3,(H,26,27,28). The zero-order valence-electron chi connectivity index (χ0n) is 17.5. The van der Waals surface area contributed by atoms with Crippen LogP contribution in [0, 0.1) is 0 Å². The maximum Gasteiger partial charge on any atom is 0.229 e. The lowest BCUT2D eigenvalue weighted by Crippen LogP contribution is -2.21. The highest BCUT2D eigenvalue weighted by atomic mass is 35.5. The molecule has 0 radical (unpaired) electrons. The molecule has 10 heteroatoms. The molecule has 0 spiro atoms. The zero-order valence-corrected chi connectivity index (χ0v) is 19.1. The fourth-order valence-corrected chi connectivity index (χ4v) is 4.89. The lowest BCUT2D eigenvalue weighted by Gasteiger charge is -2.19. The normalized spacial score (nSPS) is 17.7. The molecule has 1 aliphatic carbocycles. The molecule has 33 heavy (non-hydrogen) atoms. The Morgan fingerprint density at radius 3 is 2.70 bits per heavy atom. The summed E-state index contributed by atoms with van der Waals surface area (Å²) >= 11 is 6.07. The van der Waals surface area contributed by atoms with Crippen LogP contribution >= 0.6 is 11.6 Å².